The van der Waals surface area contributed by atoms with Crippen molar-refractivity contribution in [1.82, 2.24) is 5.32 Å². The van der Waals surface area contributed by atoms with E-state index in [4.69, 9.17) is 10.5 Å². The second-order valence-electron chi connectivity index (χ2n) is 4.18. The van der Waals surface area contributed by atoms with E-state index in [0.29, 0.717) is 13.0 Å². The van der Waals surface area contributed by atoms with Gasteiger partial charge in [-0.3, -0.25) is 0 Å². The zero-order valence-corrected chi connectivity index (χ0v) is 13.5. The molecule has 0 radical (unpaired) electrons. The molecule has 1 aromatic rings. The van der Waals surface area contributed by atoms with Crippen molar-refractivity contribution in [2.75, 3.05) is 6.54 Å². The first-order chi connectivity index (χ1) is 9.27. The maximum atomic E-state index is 11.8. The SMILES string of the molecule is NCCCC[C@H](N[C-]=O)C(=O)OCc1ccccc1.[Fm]. The number of ether oxygens (including phenoxy) is 1. The van der Waals surface area contributed by atoms with Crippen LogP contribution in [0.15, 0.2) is 30.3 Å². The van der Waals surface area contributed by atoms with Gasteiger partial charge in [-0.2, -0.15) is 6.41 Å². The van der Waals surface area contributed by atoms with Crippen molar-refractivity contribution in [3.63, 3.8) is 0 Å². The third kappa shape index (κ3) is 6.16. The van der Waals surface area contributed by atoms with Crippen LogP contribution in [0.2, 0.25) is 0 Å². The number of carbonyl (C=O) groups excluding carboxylic acids is 2. The molecule has 0 heterocycles. The van der Waals surface area contributed by atoms with Gasteiger partial charge in [0.15, 0.2) is 0 Å². The monoisotopic (exact) mass is 520 g/mol. The van der Waals surface area contributed by atoms with Crippen LogP contribution < -0.4 is 11.1 Å². The molecule has 1 amide bonds. The number of rotatable bonds is 9. The molecular formula is C14H19FmN2O3-. The largest absolute Gasteiger partial charge is 0.520 e. The molecule has 5 nitrogen and oxygen atoms in total. The average Bonchev–Trinajstić information content (AvgIpc) is 2.45. The number of esters is 1. The fourth-order valence-electron chi connectivity index (χ4n) is 1.64. The van der Waals surface area contributed by atoms with Gasteiger partial charge >= 0.3 is 5.97 Å². The van der Waals surface area contributed by atoms with Gasteiger partial charge in [0, 0.05) is 0 Å². The predicted molar refractivity (Wildman–Crippen MR) is 71.8 cm³/mol. The predicted octanol–water partition coefficient (Wildman–Crippen LogP) is 0.884. The minimum atomic E-state index is -0.646. The first kappa shape index (κ1) is 17.1. The Balaban J connectivity index is 0.00000361. The second-order valence-corrected chi connectivity index (χ2v) is 4.18. The molecule has 116 valence electrons. The summed E-state index contributed by atoms with van der Waals surface area (Å²) in [6.45, 7) is 0.768. The van der Waals surface area contributed by atoms with E-state index < -0.39 is 12.0 Å². The number of nitrogens with two attached hydrogens (primary N) is 1. The van der Waals surface area contributed by atoms with Gasteiger partial charge in [0.1, 0.15) is 6.61 Å². The summed E-state index contributed by atoms with van der Waals surface area (Å²) in [5.74, 6) is -0.441. The van der Waals surface area contributed by atoms with E-state index in [-0.39, 0.29) is 6.61 Å². The Hall–Kier alpha value is -2.88. The van der Waals surface area contributed by atoms with E-state index in [2.05, 4.69) is 5.32 Å². The molecule has 0 aliphatic carbocycles. The zero-order chi connectivity index (χ0) is 13.9. The summed E-state index contributed by atoms with van der Waals surface area (Å²) < 4.78 is 5.16. The average molecular weight is 520 g/mol. The summed E-state index contributed by atoms with van der Waals surface area (Å²) >= 11 is 0. The van der Waals surface area contributed by atoms with Gasteiger partial charge in [-0.25, -0.2) is 4.79 Å². The van der Waals surface area contributed by atoms with E-state index in [9.17, 15) is 9.59 Å². The Bertz CT molecular complexity index is 387. The van der Waals surface area contributed by atoms with Crippen LogP contribution in [0.3, 0.4) is 0 Å². The van der Waals surface area contributed by atoms with E-state index in [1.807, 2.05) is 30.3 Å². The van der Waals surface area contributed by atoms with E-state index in [1.165, 1.54) is 0 Å². The second kappa shape index (κ2) is 10.1. The molecule has 0 fully saturated rings. The maximum absolute atomic E-state index is 11.8. The van der Waals surface area contributed by atoms with Crippen LogP contribution in [-0.2, 0) is 20.9 Å². The summed E-state index contributed by atoms with van der Waals surface area (Å²) in [6.07, 6.45) is 3.62. The molecule has 0 aromatic heterocycles. The van der Waals surface area contributed by atoms with Crippen molar-refractivity contribution < 1.29 is 14.3 Å². The molecule has 0 aliphatic heterocycles. The minimum absolute atomic E-state index is 0. The third-order valence-corrected chi connectivity index (χ3v) is 2.69. The first-order valence-electron chi connectivity index (χ1n) is 6.31. The molecule has 1 aromatic carbocycles. The van der Waals surface area contributed by atoms with Crippen LogP contribution in [0.1, 0.15) is 24.8 Å². The molecule has 0 saturated heterocycles. The number of unbranched alkanes of at least 4 members (excludes halogenated alkanes) is 1. The maximum Gasteiger partial charge on any atom is 0.326 e. The molecular weight excluding hydrogens is 501 g/mol. The van der Waals surface area contributed by atoms with E-state index >= 15 is 0 Å². The number of benzene rings is 1. The van der Waals surface area contributed by atoms with Gasteiger partial charge in [-0.1, -0.05) is 30.3 Å². The number of carbonyl (C=O) groups is 1. The van der Waals surface area contributed by atoms with Crippen LogP contribution in [0.5, 0.6) is 0 Å². The van der Waals surface area contributed by atoms with Gasteiger partial charge in [0.25, 0.3) is 0 Å². The third-order valence-electron chi connectivity index (χ3n) is 2.69. The topological polar surface area (TPSA) is 81.4 Å². The normalized spacial score (nSPS) is 11.1. The number of hydrogen-bond acceptors (Lipinski definition) is 4. The fourth-order valence-corrected chi connectivity index (χ4v) is 1.64. The Morgan fingerprint density at radius 3 is 2.60 bits per heavy atom. The molecule has 1 rings (SSSR count). The van der Waals surface area contributed by atoms with Crippen LogP contribution >= 0.6 is 0 Å². The van der Waals surface area contributed by atoms with Gasteiger partial charge in [0.05, 0.1) is 6.04 Å². The van der Waals surface area contributed by atoms with Crippen molar-refractivity contribution in [3.05, 3.63) is 35.9 Å². The molecule has 6 heteroatoms. The van der Waals surface area contributed by atoms with Crippen molar-refractivity contribution in [2.45, 2.75) is 31.9 Å². The van der Waals surface area contributed by atoms with Crippen molar-refractivity contribution in [2.24, 2.45) is 5.73 Å². The molecule has 0 unspecified atom stereocenters. The number of amides is 1. The first-order valence-corrected chi connectivity index (χ1v) is 6.31. The molecule has 3 N–H and O–H groups in total. The Labute approximate surface area is 113 Å². The summed E-state index contributed by atoms with van der Waals surface area (Å²) in [7, 11) is 0. The molecule has 1 atom stereocenters. The number of hydrogen-bond donors (Lipinski definition) is 2. The molecule has 0 aliphatic rings. The van der Waals surface area contributed by atoms with Crippen LogP contribution in [-0.4, -0.2) is 25.0 Å². The van der Waals surface area contributed by atoms with Crippen molar-refractivity contribution >= 4 is 12.4 Å². The Morgan fingerprint density at radius 1 is 1.30 bits per heavy atom. The summed E-state index contributed by atoms with van der Waals surface area (Å²) in [5, 5.41) is 2.36. The molecule has 0 saturated carbocycles. The standard InChI is InChI=1S/C14H19N2O3.Fm/c15-9-5-4-8-13(16-11-17)14(18)19-10-12-6-2-1-3-7-12;/h1-3,6-7,13H,4-5,8-10,15H2,(H,16,17);/q-1;/t13-;/m0./s1. The van der Waals surface area contributed by atoms with Crippen LogP contribution in [0.4, 0.5) is 0 Å². The van der Waals surface area contributed by atoms with Gasteiger partial charge < -0.3 is 20.6 Å². The Kier molecular flexibility index (Phi) is 8.63. The van der Waals surface area contributed by atoms with E-state index in [1.54, 1.807) is 6.41 Å². The summed E-state index contributed by atoms with van der Waals surface area (Å²) in [6, 6.07) is 8.74. The van der Waals surface area contributed by atoms with Gasteiger partial charge in [-0.05, 0) is 31.4 Å². The number of nitrogens with one attached hydrogen (secondary N) is 1. The van der Waals surface area contributed by atoms with Crippen LogP contribution in [0, 0.1) is 0 Å². The zero-order valence-electron chi connectivity index (χ0n) is 11.1. The summed E-state index contributed by atoms with van der Waals surface area (Å²) in [5.41, 5.74) is 6.29. The smallest absolute Gasteiger partial charge is 0.326 e. The molecule has 0 bridgehead atoms. The van der Waals surface area contributed by atoms with Gasteiger partial charge in [-0.15, -0.1) is 0 Å². The van der Waals surface area contributed by atoms with Crippen LogP contribution in [0.25, 0.3) is 0 Å². The fraction of sp³-hybridized carbons (Fsp3) is 0.429. The van der Waals surface area contributed by atoms with Gasteiger partial charge in [0.2, 0.25) is 0 Å². The van der Waals surface area contributed by atoms with Crippen molar-refractivity contribution in [3.8, 4) is 0 Å². The van der Waals surface area contributed by atoms with E-state index in [0.717, 1.165) is 18.4 Å². The minimum Gasteiger partial charge on any atom is -0.520 e. The Morgan fingerprint density at radius 2 is 2.00 bits per heavy atom. The molecule has 0 spiro atoms. The molecule has 20 heavy (non-hydrogen) atoms. The quantitative estimate of drug-likeness (QED) is 0.220. The van der Waals surface area contributed by atoms with Crippen molar-refractivity contribution in [1.29, 1.82) is 0 Å². The summed E-state index contributed by atoms with van der Waals surface area (Å²) in [4.78, 5) is 22.2.